The number of benzene rings is 2. The summed E-state index contributed by atoms with van der Waals surface area (Å²) in [7, 11) is -2.26. The molecule has 0 bridgehead atoms. The third-order valence-electron chi connectivity index (χ3n) is 6.12. The van der Waals surface area contributed by atoms with Crippen molar-refractivity contribution in [2.45, 2.75) is 50.6 Å². The quantitative estimate of drug-likeness (QED) is 0.426. The second kappa shape index (κ2) is 10.2. The minimum atomic E-state index is -3.82. The lowest BCUT2D eigenvalue weighted by molar-refractivity contribution is -0.144. The number of sulfonamides is 1. The summed E-state index contributed by atoms with van der Waals surface area (Å²) in [6.07, 6.45) is 3.79. The zero-order chi connectivity index (χ0) is 25.2. The Labute approximate surface area is 204 Å². The maximum Gasteiger partial charge on any atom is 0.327 e. The zero-order valence-electron chi connectivity index (χ0n) is 19.9. The van der Waals surface area contributed by atoms with Crippen LogP contribution < -0.4 is 4.74 Å². The molecule has 8 nitrogen and oxygen atoms in total. The van der Waals surface area contributed by atoms with Crippen LogP contribution in [-0.2, 0) is 32.5 Å². The first-order valence-electron chi connectivity index (χ1n) is 11.4. The van der Waals surface area contributed by atoms with Crippen molar-refractivity contribution >= 4 is 16.0 Å². The Bertz CT molecular complexity index is 1320. The molecule has 0 saturated heterocycles. The van der Waals surface area contributed by atoms with Crippen LogP contribution in [0.1, 0.15) is 42.6 Å². The van der Waals surface area contributed by atoms with Crippen molar-refractivity contribution in [2.75, 3.05) is 13.7 Å². The van der Waals surface area contributed by atoms with Crippen molar-refractivity contribution in [2.24, 2.45) is 0 Å². The van der Waals surface area contributed by atoms with E-state index in [2.05, 4.69) is 5.10 Å². The van der Waals surface area contributed by atoms with E-state index in [-0.39, 0.29) is 23.2 Å². The summed E-state index contributed by atoms with van der Waals surface area (Å²) >= 11 is 0. The normalized spacial score (nSPS) is 15.6. The number of carbonyl (C=O) groups is 1. The molecule has 0 fully saturated rings. The molecule has 0 saturated carbocycles. The van der Waals surface area contributed by atoms with E-state index in [4.69, 9.17) is 9.47 Å². The van der Waals surface area contributed by atoms with Gasteiger partial charge >= 0.3 is 5.97 Å². The van der Waals surface area contributed by atoms with Crippen LogP contribution in [0.25, 0.3) is 0 Å². The monoisotopic (exact) mass is 501 g/mol. The number of halogens is 1. The van der Waals surface area contributed by atoms with Gasteiger partial charge in [0.2, 0.25) is 10.0 Å². The minimum Gasteiger partial charge on any atom is -0.465 e. The summed E-state index contributed by atoms with van der Waals surface area (Å²) in [5.74, 6) is 0.200. The number of hydrogen-bond donors (Lipinski definition) is 0. The second-order valence-corrected chi connectivity index (χ2v) is 10.4. The fraction of sp³-hybridized carbons (Fsp3) is 0.360. The van der Waals surface area contributed by atoms with Gasteiger partial charge in [-0.15, -0.1) is 0 Å². The van der Waals surface area contributed by atoms with Crippen LogP contribution in [0.15, 0.2) is 53.6 Å². The summed E-state index contributed by atoms with van der Waals surface area (Å²) in [6, 6.07) is 9.90. The maximum absolute atomic E-state index is 13.5. The number of fused-ring (bicyclic) bond motifs is 1. The first kappa shape index (κ1) is 24.9. The standard InChI is InChI=1S/C25H28FN3O5S/c1-4-33-25(30)16-29-23-7-5-6-22(21(23)15-27-29)28(3)35(31,32)20-12-13-24(17(2)14-20)34-19-10-8-18(26)9-11-19/h8-15,22H,4-7,16H2,1-3H3. The number of hydrogen-bond acceptors (Lipinski definition) is 6. The molecular formula is C25H28FN3O5S. The van der Waals surface area contributed by atoms with Crippen molar-refractivity contribution in [1.82, 2.24) is 14.1 Å². The van der Waals surface area contributed by atoms with Gasteiger partial charge in [-0.25, -0.2) is 12.8 Å². The van der Waals surface area contributed by atoms with Crippen LogP contribution in [0, 0.1) is 12.7 Å². The first-order chi connectivity index (χ1) is 16.7. The largest absolute Gasteiger partial charge is 0.465 e. The van der Waals surface area contributed by atoms with Gasteiger partial charge in [0, 0.05) is 18.3 Å². The lowest BCUT2D eigenvalue weighted by Crippen LogP contribution is -2.33. The summed E-state index contributed by atoms with van der Waals surface area (Å²) < 4.78 is 54.0. The van der Waals surface area contributed by atoms with Gasteiger partial charge in [-0.2, -0.15) is 9.40 Å². The Balaban J connectivity index is 1.56. The fourth-order valence-corrected chi connectivity index (χ4v) is 5.75. The molecule has 3 aromatic rings. The zero-order valence-corrected chi connectivity index (χ0v) is 20.7. The molecule has 2 aromatic carbocycles. The molecule has 0 radical (unpaired) electrons. The molecule has 1 atom stereocenters. The molecular weight excluding hydrogens is 473 g/mol. The number of esters is 1. The molecule has 0 N–H and O–H groups in total. The average Bonchev–Trinajstić information content (AvgIpc) is 3.24. The highest BCUT2D eigenvalue weighted by atomic mass is 32.2. The highest BCUT2D eigenvalue weighted by molar-refractivity contribution is 7.89. The Kier molecular flexibility index (Phi) is 7.23. The molecule has 186 valence electrons. The molecule has 1 aliphatic carbocycles. The van der Waals surface area contributed by atoms with Gasteiger partial charge in [-0.05, 0) is 81.1 Å². The van der Waals surface area contributed by atoms with Crippen molar-refractivity contribution in [3.05, 3.63) is 71.3 Å². The van der Waals surface area contributed by atoms with Crippen LogP contribution in [-0.4, -0.2) is 42.1 Å². The predicted octanol–water partition coefficient (Wildman–Crippen LogP) is 4.38. The number of rotatable bonds is 8. The Morgan fingerprint density at radius 2 is 1.97 bits per heavy atom. The van der Waals surface area contributed by atoms with E-state index in [0.717, 1.165) is 17.7 Å². The maximum atomic E-state index is 13.5. The van der Waals surface area contributed by atoms with E-state index in [1.807, 2.05) is 0 Å². The van der Waals surface area contributed by atoms with Gasteiger partial charge in [0.25, 0.3) is 0 Å². The highest BCUT2D eigenvalue weighted by Gasteiger charge is 2.34. The van der Waals surface area contributed by atoms with Gasteiger partial charge in [0.05, 0.1) is 23.7 Å². The van der Waals surface area contributed by atoms with E-state index in [1.54, 1.807) is 43.9 Å². The lowest BCUT2D eigenvalue weighted by atomic mass is 9.93. The molecule has 1 aliphatic rings. The van der Waals surface area contributed by atoms with E-state index in [0.29, 0.717) is 36.5 Å². The second-order valence-electron chi connectivity index (χ2n) is 8.42. The smallest absolute Gasteiger partial charge is 0.327 e. The van der Waals surface area contributed by atoms with Gasteiger partial charge in [-0.1, -0.05) is 0 Å². The van der Waals surface area contributed by atoms with Gasteiger partial charge in [0.1, 0.15) is 23.9 Å². The van der Waals surface area contributed by atoms with Crippen LogP contribution >= 0.6 is 0 Å². The van der Waals surface area contributed by atoms with Gasteiger partial charge in [-0.3, -0.25) is 9.48 Å². The third-order valence-corrected chi connectivity index (χ3v) is 7.98. The molecule has 35 heavy (non-hydrogen) atoms. The Hall–Kier alpha value is -3.24. The van der Waals surface area contributed by atoms with Crippen LogP contribution in [0.3, 0.4) is 0 Å². The van der Waals surface area contributed by atoms with E-state index in [1.165, 1.54) is 34.6 Å². The van der Waals surface area contributed by atoms with E-state index >= 15 is 0 Å². The molecule has 4 rings (SSSR count). The Morgan fingerprint density at radius 3 is 2.66 bits per heavy atom. The number of ether oxygens (including phenoxy) is 2. The SMILES string of the molecule is CCOC(=O)Cn1ncc2c1CCCC2N(C)S(=O)(=O)c1ccc(Oc2ccc(F)cc2)c(C)c1. The summed E-state index contributed by atoms with van der Waals surface area (Å²) in [5.41, 5.74) is 2.30. The topological polar surface area (TPSA) is 90.7 Å². The van der Waals surface area contributed by atoms with Crippen LogP contribution in [0.4, 0.5) is 4.39 Å². The van der Waals surface area contributed by atoms with Crippen molar-refractivity contribution in [1.29, 1.82) is 0 Å². The molecule has 0 aliphatic heterocycles. The molecule has 0 amide bonds. The van der Waals surface area contributed by atoms with Crippen LogP contribution in [0.2, 0.25) is 0 Å². The van der Waals surface area contributed by atoms with E-state index in [9.17, 15) is 17.6 Å². The van der Waals surface area contributed by atoms with Gasteiger partial charge < -0.3 is 9.47 Å². The minimum absolute atomic E-state index is 0.00106. The van der Waals surface area contributed by atoms with Crippen molar-refractivity contribution in [3.63, 3.8) is 0 Å². The molecule has 10 heteroatoms. The van der Waals surface area contributed by atoms with Crippen molar-refractivity contribution < 1.29 is 27.1 Å². The molecule has 1 aromatic heterocycles. The van der Waals surface area contributed by atoms with Crippen LogP contribution in [0.5, 0.6) is 11.5 Å². The molecule has 0 spiro atoms. The summed E-state index contributed by atoms with van der Waals surface area (Å²) in [6.45, 7) is 3.80. The fourth-order valence-electron chi connectivity index (χ4n) is 4.30. The number of aryl methyl sites for hydroxylation is 1. The predicted molar refractivity (Wildman–Crippen MR) is 127 cm³/mol. The number of carbonyl (C=O) groups excluding carboxylic acids is 1. The first-order valence-corrected chi connectivity index (χ1v) is 12.9. The highest BCUT2D eigenvalue weighted by Crippen LogP contribution is 2.37. The van der Waals surface area contributed by atoms with Crippen molar-refractivity contribution in [3.8, 4) is 11.5 Å². The molecule has 1 heterocycles. The molecule has 1 unspecified atom stereocenters. The summed E-state index contributed by atoms with van der Waals surface area (Å²) in [4.78, 5) is 12.1. The number of nitrogens with zero attached hydrogens (tertiary/aromatic N) is 3. The average molecular weight is 502 g/mol. The number of aromatic nitrogens is 2. The lowest BCUT2D eigenvalue weighted by Gasteiger charge is -2.31. The third kappa shape index (κ3) is 5.23. The summed E-state index contributed by atoms with van der Waals surface area (Å²) in [5, 5.41) is 4.33. The van der Waals surface area contributed by atoms with Gasteiger partial charge in [0.15, 0.2) is 0 Å². The Morgan fingerprint density at radius 1 is 1.23 bits per heavy atom. The van der Waals surface area contributed by atoms with E-state index < -0.39 is 16.1 Å².